The second-order valence-corrected chi connectivity index (χ2v) is 10.5. The van der Waals surface area contributed by atoms with E-state index in [1.807, 2.05) is 0 Å². The predicted molar refractivity (Wildman–Crippen MR) is 128 cm³/mol. The zero-order chi connectivity index (χ0) is 27.7. The second-order valence-electron chi connectivity index (χ2n) is 10.5. The van der Waals surface area contributed by atoms with Crippen molar-refractivity contribution in [2.75, 3.05) is 13.2 Å². The smallest absolute Gasteiger partial charge is 0.181 e. The molecule has 0 spiro atoms. The summed E-state index contributed by atoms with van der Waals surface area (Å²) in [5.41, 5.74) is -0.856. The lowest BCUT2D eigenvalue weighted by Gasteiger charge is -2.41. The minimum Gasteiger partial charge on any atom is -0.508 e. The minimum atomic E-state index is -1.77. The Morgan fingerprint density at radius 1 is 0.974 bits per heavy atom. The molecule has 2 aromatic carbocycles. The minimum absolute atomic E-state index is 0.210. The summed E-state index contributed by atoms with van der Waals surface area (Å²) in [4.78, 5) is 13.6. The number of aromatic hydroxyl groups is 3. The van der Waals surface area contributed by atoms with Gasteiger partial charge in [-0.3, -0.25) is 4.79 Å². The number of ketones is 1. The van der Waals surface area contributed by atoms with Crippen molar-refractivity contribution in [3.63, 3.8) is 0 Å². The lowest BCUT2D eigenvalue weighted by Crippen LogP contribution is -2.55. The molecule has 1 fully saturated rings. The summed E-state index contributed by atoms with van der Waals surface area (Å²) in [5.74, 6) is -3.11. The number of hydrogen-bond donors (Lipinski definition) is 8. The van der Waals surface area contributed by atoms with Crippen molar-refractivity contribution < 1.29 is 59.9 Å². The molecule has 0 saturated carbocycles. The molecule has 1 saturated heterocycles. The summed E-state index contributed by atoms with van der Waals surface area (Å²) >= 11 is 0. The fourth-order valence-electron chi connectivity index (χ4n) is 5.27. The Morgan fingerprint density at radius 2 is 1.68 bits per heavy atom. The molecule has 38 heavy (non-hydrogen) atoms. The second kappa shape index (κ2) is 9.26. The van der Waals surface area contributed by atoms with Gasteiger partial charge in [0, 0.05) is 24.1 Å². The Kier molecular flexibility index (Phi) is 6.45. The maximum absolute atomic E-state index is 13.6. The molecule has 8 N–H and O–H groups in total. The van der Waals surface area contributed by atoms with Crippen molar-refractivity contribution in [3.05, 3.63) is 40.5 Å². The Balaban J connectivity index is 1.52. The number of ether oxygens (including phenoxy) is 3. The van der Waals surface area contributed by atoms with Gasteiger partial charge in [0.2, 0.25) is 0 Å². The number of Topliss-reactive ketones (excluding diaryl/α,β-unsaturated/α-hetero) is 1. The van der Waals surface area contributed by atoms with E-state index in [1.54, 1.807) is 19.9 Å². The van der Waals surface area contributed by atoms with Crippen molar-refractivity contribution in [1.82, 2.24) is 0 Å². The fraction of sp³-hybridized carbons (Fsp3) is 0.500. The molecule has 0 radical (unpaired) electrons. The van der Waals surface area contributed by atoms with Gasteiger partial charge < -0.3 is 55.1 Å². The van der Waals surface area contributed by atoms with Crippen LogP contribution in [0.4, 0.5) is 0 Å². The SMILES string of the molecule is CC(C)(O)C1Cc2cc(C3COc4c(c(O)cc(O)c4[C@@H]4O[C@H](CO)[C@@H](O)[C@H](O)[C@H]4O)C3=O)c(O)cc2O1. The van der Waals surface area contributed by atoms with Crippen molar-refractivity contribution in [2.24, 2.45) is 0 Å². The molecule has 5 rings (SSSR count). The highest BCUT2D eigenvalue weighted by atomic mass is 16.5. The summed E-state index contributed by atoms with van der Waals surface area (Å²) in [6.45, 7) is 2.18. The molecular weight excluding hydrogens is 504 g/mol. The van der Waals surface area contributed by atoms with Crippen molar-refractivity contribution in [1.29, 1.82) is 0 Å². The van der Waals surface area contributed by atoms with E-state index in [1.165, 1.54) is 6.07 Å². The van der Waals surface area contributed by atoms with Crippen LogP contribution < -0.4 is 9.47 Å². The molecule has 0 aromatic heterocycles. The fourth-order valence-corrected chi connectivity index (χ4v) is 5.27. The van der Waals surface area contributed by atoms with Gasteiger partial charge in [-0.2, -0.15) is 0 Å². The Bertz CT molecular complexity index is 1270. The Labute approximate surface area is 216 Å². The van der Waals surface area contributed by atoms with Crippen LogP contribution in [0.25, 0.3) is 0 Å². The average molecular weight is 535 g/mol. The van der Waals surface area contributed by atoms with Crippen LogP contribution in [-0.4, -0.2) is 96.0 Å². The Morgan fingerprint density at radius 3 is 2.34 bits per heavy atom. The number of aliphatic hydroxyl groups excluding tert-OH is 4. The molecule has 2 unspecified atom stereocenters. The monoisotopic (exact) mass is 534 g/mol. The number of phenols is 3. The largest absolute Gasteiger partial charge is 0.508 e. The number of fused-ring (bicyclic) bond motifs is 2. The number of carbonyl (C=O) groups is 1. The van der Waals surface area contributed by atoms with Crippen LogP contribution in [-0.2, 0) is 11.2 Å². The van der Waals surface area contributed by atoms with Gasteiger partial charge in [-0.1, -0.05) is 0 Å². The maximum Gasteiger partial charge on any atom is 0.181 e. The van der Waals surface area contributed by atoms with Crippen LogP contribution in [0.5, 0.6) is 28.7 Å². The first-order valence-electron chi connectivity index (χ1n) is 12.1. The molecular formula is C26H30O12. The maximum atomic E-state index is 13.6. The molecule has 12 nitrogen and oxygen atoms in total. The van der Waals surface area contributed by atoms with E-state index in [2.05, 4.69) is 0 Å². The van der Waals surface area contributed by atoms with Crippen molar-refractivity contribution >= 4 is 5.78 Å². The van der Waals surface area contributed by atoms with Crippen LogP contribution in [0.1, 0.15) is 52.9 Å². The molecule has 3 aliphatic rings. The van der Waals surface area contributed by atoms with Crippen LogP contribution in [0, 0.1) is 0 Å². The van der Waals surface area contributed by atoms with Crippen molar-refractivity contribution in [3.8, 4) is 28.7 Å². The molecule has 0 bridgehead atoms. The van der Waals surface area contributed by atoms with Crippen LogP contribution in [0.2, 0.25) is 0 Å². The van der Waals surface area contributed by atoms with Gasteiger partial charge in [0.15, 0.2) is 5.78 Å². The standard InChI is InChI=1S/C26H30O12/c1-26(2,35)17-4-9-3-10(12(28)6-15(9)37-17)11-8-36-24-18(20(11)31)13(29)5-14(30)19(24)25-23(34)22(33)21(32)16(7-27)38-25/h3,5-6,11,16-17,21-23,25,27-30,32-35H,4,7-8H2,1-2H3/t11?,16-,17?,21-,22+,23-,25+/m1/s1. The molecule has 2 aromatic rings. The summed E-state index contributed by atoms with van der Waals surface area (Å²) in [6, 6.07) is 3.81. The number of rotatable bonds is 4. The van der Waals surface area contributed by atoms with Crippen LogP contribution in [0.3, 0.4) is 0 Å². The topological polar surface area (TPSA) is 207 Å². The summed E-state index contributed by atoms with van der Waals surface area (Å²) in [5, 5.41) is 82.7. The van der Waals surface area contributed by atoms with E-state index in [4.69, 9.17) is 14.2 Å². The molecule has 3 heterocycles. The van der Waals surface area contributed by atoms with E-state index in [9.17, 15) is 45.6 Å². The molecule has 0 amide bonds. The molecule has 3 aliphatic heterocycles. The lowest BCUT2D eigenvalue weighted by molar-refractivity contribution is -0.232. The number of benzene rings is 2. The zero-order valence-electron chi connectivity index (χ0n) is 20.6. The van der Waals surface area contributed by atoms with Gasteiger partial charge in [-0.15, -0.1) is 0 Å². The molecule has 7 atom stereocenters. The lowest BCUT2D eigenvalue weighted by atomic mass is 9.83. The quantitative estimate of drug-likeness (QED) is 0.256. The van der Waals surface area contributed by atoms with Gasteiger partial charge >= 0.3 is 0 Å². The first kappa shape index (κ1) is 26.5. The first-order valence-corrected chi connectivity index (χ1v) is 12.1. The highest BCUT2D eigenvalue weighted by Crippen LogP contribution is 2.50. The van der Waals surface area contributed by atoms with Gasteiger partial charge in [0.25, 0.3) is 0 Å². The average Bonchev–Trinajstić information content (AvgIpc) is 3.27. The van der Waals surface area contributed by atoms with E-state index in [0.29, 0.717) is 17.7 Å². The first-order chi connectivity index (χ1) is 17.8. The van der Waals surface area contributed by atoms with Gasteiger partial charge in [-0.25, -0.2) is 0 Å². The highest BCUT2D eigenvalue weighted by Gasteiger charge is 2.48. The number of aliphatic hydroxyl groups is 5. The zero-order valence-corrected chi connectivity index (χ0v) is 20.6. The number of phenolic OH excluding ortho intramolecular Hbond substituents is 3. The molecule has 206 valence electrons. The van der Waals surface area contributed by atoms with E-state index in [0.717, 1.165) is 6.07 Å². The van der Waals surface area contributed by atoms with Gasteiger partial charge in [0.1, 0.15) is 77.5 Å². The Hall–Kier alpha value is -3.13. The third-order valence-electron chi connectivity index (χ3n) is 7.46. The van der Waals surface area contributed by atoms with Gasteiger partial charge in [-0.05, 0) is 25.5 Å². The van der Waals surface area contributed by atoms with Crippen LogP contribution >= 0.6 is 0 Å². The summed E-state index contributed by atoms with van der Waals surface area (Å²) < 4.78 is 17.1. The number of hydrogen-bond acceptors (Lipinski definition) is 12. The van der Waals surface area contributed by atoms with Crippen LogP contribution in [0.15, 0.2) is 18.2 Å². The normalized spacial score (nSPS) is 30.8. The summed E-state index contributed by atoms with van der Waals surface area (Å²) in [6.07, 6.45) is -8.19. The molecule has 12 heteroatoms. The predicted octanol–water partition coefficient (Wildman–Crippen LogP) is -0.248. The third-order valence-corrected chi connectivity index (χ3v) is 7.46. The van der Waals surface area contributed by atoms with E-state index >= 15 is 0 Å². The number of carbonyl (C=O) groups excluding carboxylic acids is 1. The third kappa shape index (κ3) is 4.13. The van der Waals surface area contributed by atoms with E-state index in [-0.39, 0.29) is 34.8 Å². The van der Waals surface area contributed by atoms with Gasteiger partial charge in [0.05, 0.1) is 23.7 Å². The summed E-state index contributed by atoms with van der Waals surface area (Å²) in [7, 11) is 0. The molecule has 0 aliphatic carbocycles. The van der Waals surface area contributed by atoms with Crippen molar-refractivity contribution in [2.45, 2.75) is 68.4 Å². The van der Waals surface area contributed by atoms with E-state index < -0.39 is 72.0 Å². The highest BCUT2D eigenvalue weighted by molar-refractivity contribution is 6.07.